The average molecular weight is 347 g/mol. The van der Waals surface area contributed by atoms with E-state index in [4.69, 9.17) is 4.74 Å². The second-order valence-electron chi connectivity index (χ2n) is 5.45. The molecule has 1 N–H and O–H groups in total. The minimum atomic E-state index is -0.376. The van der Waals surface area contributed by atoms with Crippen LogP contribution in [0.2, 0.25) is 0 Å². The maximum Gasteiger partial charge on any atom is 0.409 e. The lowest BCUT2D eigenvalue weighted by molar-refractivity contribution is -0.380. The first-order valence-corrected chi connectivity index (χ1v) is 8.46. The lowest BCUT2D eigenvalue weighted by Gasteiger charge is -2.12. The van der Waals surface area contributed by atoms with Gasteiger partial charge in [-0.25, -0.2) is 4.79 Å². The van der Waals surface area contributed by atoms with E-state index in [2.05, 4.69) is 5.32 Å². The Morgan fingerprint density at radius 1 is 1.29 bits per heavy atom. The summed E-state index contributed by atoms with van der Waals surface area (Å²) in [6.07, 6.45) is 0.546. The number of anilines is 1. The Balaban J connectivity index is 1.48. The van der Waals surface area contributed by atoms with E-state index in [0.717, 1.165) is 34.6 Å². The molecule has 7 nitrogen and oxygen atoms in total. The van der Waals surface area contributed by atoms with E-state index in [0.29, 0.717) is 26.2 Å². The molecule has 0 unspecified atom stereocenters. The molecule has 1 saturated heterocycles. The summed E-state index contributed by atoms with van der Waals surface area (Å²) in [5, 5.41) is 15.9. The summed E-state index contributed by atoms with van der Waals surface area (Å²) in [6.45, 7) is 2.33. The van der Waals surface area contributed by atoms with Crippen molar-refractivity contribution >= 4 is 28.1 Å². The van der Waals surface area contributed by atoms with Crippen molar-refractivity contribution in [3.8, 4) is 0 Å². The summed E-state index contributed by atoms with van der Waals surface area (Å²) >= 11 is 1.13. The molecule has 1 aromatic carbocycles. The highest BCUT2D eigenvalue weighted by Crippen LogP contribution is 2.23. The molecule has 8 heteroatoms. The van der Waals surface area contributed by atoms with Gasteiger partial charge in [-0.3, -0.25) is 10.1 Å². The van der Waals surface area contributed by atoms with Crippen LogP contribution in [0.25, 0.3) is 0 Å². The van der Waals surface area contributed by atoms with Gasteiger partial charge in [-0.15, -0.1) is 0 Å². The normalized spacial score (nSPS) is 13.8. The Morgan fingerprint density at radius 3 is 2.71 bits per heavy atom. The van der Waals surface area contributed by atoms with E-state index in [1.54, 1.807) is 16.3 Å². The fourth-order valence-electron chi connectivity index (χ4n) is 2.44. The van der Waals surface area contributed by atoms with Crippen LogP contribution in [-0.4, -0.2) is 35.6 Å². The fourth-order valence-corrected chi connectivity index (χ4v) is 3.17. The van der Waals surface area contributed by atoms with Crippen molar-refractivity contribution in [3.63, 3.8) is 0 Å². The van der Waals surface area contributed by atoms with Gasteiger partial charge in [0.1, 0.15) is 6.61 Å². The number of amides is 1. The van der Waals surface area contributed by atoms with Crippen molar-refractivity contribution in [2.24, 2.45) is 0 Å². The molecular formula is C16H17N3O4S. The highest BCUT2D eigenvalue weighted by Gasteiger charge is 2.20. The van der Waals surface area contributed by atoms with Crippen LogP contribution in [0.3, 0.4) is 0 Å². The zero-order valence-electron chi connectivity index (χ0n) is 12.9. The van der Waals surface area contributed by atoms with Crippen molar-refractivity contribution in [1.29, 1.82) is 0 Å². The first-order chi connectivity index (χ1) is 11.6. The van der Waals surface area contributed by atoms with Gasteiger partial charge in [0.25, 0.3) is 0 Å². The molecule has 1 aliphatic heterocycles. The molecule has 126 valence electrons. The standard InChI is InChI=1S/C16H17N3O4S/c20-16-18(7-8-23-16)6-5-12-1-3-14(4-2-12)17-10-13-9-15(19(21)22)24-11-13/h1-4,9,11,17H,5-8,10H2. The van der Waals surface area contributed by atoms with Crippen LogP contribution in [0.5, 0.6) is 0 Å². The van der Waals surface area contributed by atoms with Gasteiger partial charge in [-0.05, 0) is 29.7 Å². The van der Waals surface area contributed by atoms with Gasteiger partial charge in [0.2, 0.25) is 0 Å². The van der Waals surface area contributed by atoms with E-state index in [1.807, 2.05) is 24.3 Å². The Hall–Kier alpha value is -2.61. The van der Waals surface area contributed by atoms with Crippen LogP contribution in [0, 0.1) is 10.1 Å². The summed E-state index contributed by atoms with van der Waals surface area (Å²) < 4.78 is 4.90. The van der Waals surface area contributed by atoms with E-state index >= 15 is 0 Å². The number of hydrogen-bond donors (Lipinski definition) is 1. The molecular weight excluding hydrogens is 330 g/mol. The summed E-state index contributed by atoms with van der Waals surface area (Å²) in [7, 11) is 0. The third-order valence-corrected chi connectivity index (χ3v) is 4.71. The molecule has 24 heavy (non-hydrogen) atoms. The van der Waals surface area contributed by atoms with E-state index in [1.165, 1.54) is 0 Å². The molecule has 0 atom stereocenters. The maximum atomic E-state index is 11.4. The molecule has 1 amide bonds. The largest absolute Gasteiger partial charge is 0.448 e. The first-order valence-electron chi connectivity index (χ1n) is 7.58. The predicted molar refractivity (Wildman–Crippen MR) is 91.4 cm³/mol. The van der Waals surface area contributed by atoms with Crippen molar-refractivity contribution in [1.82, 2.24) is 4.90 Å². The van der Waals surface area contributed by atoms with Crippen LogP contribution in [-0.2, 0) is 17.7 Å². The number of carbonyl (C=O) groups is 1. The van der Waals surface area contributed by atoms with Crippen LogP contribution in [0.15, 0.2) is 35.7 Å². The number of benzene rings is 1. The number of thiophene rings is 1. The minimum Gasteiger partial charge on any atom is -0.448 e. The second kappa shape index (κ2) is 7.31. The number of nitrogens with one attached hydrogen (secondary N) is 1. The molecule has 1 aliphatic rings. The van der Waals surface area contributed by atoms with Gasteiger partial charge < -0.3 is 15.0 Å². The monoisotopic (exact) mass is 347 g/mol. The van der Waals surface area contributed by atoms with Gasteiger partial charge in [0.15, 0.2) is 0 Å². The molecule has 1 fully saturated rings. The highest BCUT2D eigenvalue weighted by molar-refractivity contribution is 7.13. The summed E-state index contributed by atoms with van der Waals surface area (Å²) in [4.78, 5) is 23.4. The molecule has 0 aliphatic carbocycles. The zero-order chi connectivity index (χ0) is 16.9. The Kier molecular flexibility index (Phi) is 4.95. The summed E-state index contributed by atoms with van der Waals surface area (Å²) in [5.41, 5.74) is 2.99. The van der Waals surface area contributed by atoms with Crippen LogP contribution >= 0.6 is 11.3 Å². The number of hydrogen-bond acceptors (Lipinski definition) is 6. The topological polar surface area (TPSA) is 84.7 Å². The Labute approximate surface area is 143 Å². The number of carbonyl (C=O) groups excluding carboxylic acids is 1. The molecule has 0 saturated carbocycles. The predicted octanol–water partition coefficient (Wildman–Crippen LogP) is 3.26. The molecule has 0 radical (unpaired) electrons. The lowest BCUT2D eigenvalue weighted by atomic mass is 10.1. The molecule has 1 aromatic heterocycles. The number of nitro groups is 1. The summed E-state index contributed by atoms with van der Waals surface area (Å²) in [5.74, 6) is 0. The van der Waals surface area contributed by atoms with Gasteiger partial charge in [-0.1, -0.05) is 23.5 Å². The maximum absolute atomic E-state index is 11.4. The zero-order valence-corrected chi connectivity index (χ0v) is 13.8. The summed E-state index contributed by atoms with van der Waals surface area (Å²) in [6, 6.07) is 9.55. The number of nitrogens with zero attached hydrogens (tertiary/aromatic N) is 2. The second-order valence-corrected chi connectivity index (χ2v) is 6.34. The van der Waals surface area contributed by atoms with Gasteiger partial charge in [0.05, 0.1) is 11.5 Å². The molecule has 0 spiro atoms. The number of rotatable bonds is 7. The van der Waals surface area contributed by atoms with Gasteiger partial charge in [0, 0.05) is 30.2 Å². The first kappa shape index (κ1) is 16.3. The van der Waals surface area contributed by atoms with Crippen LogP contribution in [0.4, 0.5) is 15.5 Å². The van der Waals surface area contributed by atoms with Crippen LogP contribution in [0.1, 0.15) is 11.1 Å². The minimum absolute atomic E-state index is 0.155. The average Bonchev–Trinajstić information content (AvgIpc) is 3.21. The molecule has 0 bridgehead atoms. The van der Waals surface area contributed by atoms with E-state index < -0.39 is 0 Å². The van der Waals surface area contributed by atoms with E-state index in [-0.39, 0.29) is 16.0 Å². The lowest BCUT2D eigenvalue weighted by Crippen LogP contribution is -2.26. The fraction of sp³-hybridized carbons (Fsp3) is 0.312. The third-order valence-electron chi connectivity index (χ3n) is 3.79. The Bertz CT molecular complexity index is 729. The molecule has 2 aromatic rings. The SMILES string of the molecule is O=C1OCCN1CCc1ccc(NCc2csc([N+](=O)[O-])c2)cc1. The third kappa shape index (κ3) is 4.02. The van der Waals surface area contributed by atoms with Gasteiger partial charge >= 0.3 is 11.1 Å². The van der Waals surface area contributed by atoms with Crippen molar-refractivity contribution in [3.05, 3.63) is 57.0 Å². The van der Waals surface area contributed by atoms with Crippen molar-refractivity contribution in [2.75, 3.05) is 25.0 Å². The van der Waals surface area contributed by atoms with Crippen molar-refractivity contribution < 1.29 is 14.5 Å². The number of cyclic esters (lactones) is 1. The molecule has 2 heterocycles. The van der Waals surface area contributed by atoms with Gasteiger partial charge in [-0.2, -0.15) is 0 Å². The van der Waals surface area contributed by atoms with E-state index in [9.17, 15) is 14.9 Å². The highest BCUT2D eigenvalue weighted by atomic mass is 32.1. The molecule has 3 rings (SSSR count). The van der Waals surface area contributed by atoms with Crippen molar-refractivity contribution in [2.45, 2.75) is 13.0 Å². The number of ether oxygens (including phenoxy) is 1. The smallest absolute Gasteiger partial charge is 0.409 e. The van der Waals surface area contributed by atoms with Crippen LogP contribution < -0.4 is 5.32 Å². The Morgan fingerprint density at radius 2 is 2.08 bits per heavy atom. The quantitative estimate of drug-likeness (QED) is 0.614.